The number of benzene rings is 1. The summed E-state index contributed by atoms with van der Waals surface area (Å²) in [5.41, 5.74) is 0.343. The van der Waals surface area contributed by atoms with E-state index in [0.29, 0.717) is 0 Å². The maximum Gasteiger partial charge on any atom is 0.275 e. The second kappa shape index (κ2) is 6.09. The molecule has 1 atom stereocenters. The molecule has 1 N–H and O–H groups in total. The molecule has 7 heteroatoms. The minimum atomic E-state index is -0.578. The Balaban J connectivity index is 1.73. The molecule has 2 aromatic rings. The van der Waals surface area contributed by atoms with E-state index in [9.17, 15) is 9.18 Å². The Morgan fingerprint density at radius 2 is 2.38 bits per heavy atom. The van der Waals surface area contributed by atoms with Gasteiger partial charge in [-0.25, -0.2) is 9.37 Å². The van der Waals surface area contributed by atoms with Crippen LogP contribution in [0.2, 0.25) is 5.02 Å². The molecule has 0 aliphatic carbocycles. The third-order valence-electron chi connectivity index (χ3n) is 3.14. The number of nitrogens with zero attached hydrogens (tertiary/aromatic N) is 1. The minimum Gasteiger partial charge on any atom is -0.371 e. The fourth-order valence-electron chi connectivity index (χ4n) is 2.09. The van der Waals surface area contributed by atoms with Crippen molar-refractivity contribution in [2.45, 2.75) is 18.9 Å². The molecule has 110 valence electrons. The van der Waals surface area contributed by atoms with Crippen molar-refractivity contribution in [1.29, 1.82) is 0 Å². The van der Waals surface area contributed by atoms with Crippen LogP contribution < -0.4 is 5.32 Å². The quantitative estimate of drug-likeness (QED) is 0.926. The number of halogens is 2. The van der Waals surface area contributed by atoms with Gasteiger partial charge in [-0.3, -0.25) is 4.79 Å². The van der Waals surface area contributed by atoms with Crippen LogP contribution in [0.4, 0.5) is 10.1 Å². The minimum absolute atomic E-state index is 0.0242. The van der Waals surface area contributed by atoms with E-state index in [0.717, 1.165) is 30.5 Å². The molecule has 1 aliphatic rings. The standard InChI is InChI=1S/C14H12ClFN2O2S/c15-8-3-4-10(9(16)6-8)17-13(19)11-7-21-14(18-11)12-2-1-5-20-12/h3-4,6-7,12H,1-2,5H2,(H,17,19). The molecule has 1 amide bonds. The number of ether oxygens (including phenoxy) is 1. The fourth-order valence-corrected chi connectivity index (χ4v) is 3.13. The third-order valence-corrected chi connectivity index (χ3v) is 4.31. The number of amides is 1. The first-order valence-corrected chi connectivity index (χ1v) is 7.72. The van der Waals surface area contributed by atoms with Crippen molar-refractivity contribution < 1.29 is 13.9 Å². The van der Waals surface area contributed by atoms with Gasteiger partial charge in [0.2, 0.25) is 0 Å². The number of carbonyl (C=O) groups excluding carboxylic acids is 1. The molecule has 0 saturated carbocycles. The first-order chi connectivity index (χ1) is 10.1. The topological polar surface area (TPSA) is 51.2 Å². The lowest BCUT2D eigenvalue weighted by atomic mass is 10.2. The van der Waals surface area contributed by atoms with Crippen LogP contribution >= 0.6 is 22.9 Å². The molecule has 1 saturated heterocycles. The lowest BCUT2D eigenvalue weighted by molar-refractivity contribution is 0.101. The van der Waals surface area contributed by atoms with Gasteiger partial charge in [-0.15, -0.1) is 11.3 Å². The Morgan fingerprint density at radius 3 is 3.10 bits per heavy atom. The van der Waals surface area contributed by atoms with Crippen molar-refractivity contribution in [2.24, 2.45) is 0 Å². The zero-order chi connectivity index (χ0) is 14.8. The van der Waals surface area contributed by atoms with E-state index in [-0.39, 0.29) is 22.5 Å². The lowest BCUT2D eigenvalue weighted by Crippen LogP contribution is -2.13. The maximum absolute atomic E-state index is 13.6. The van der Waals surface area contributed by atoms with E-state index >= 15 is 0 Å². The summed E-state index contributed by atoms with van der Waals surface area (Å²) in [5.74, 6) is -1.03. The van der Waals surface area contributed by atoms with Gasteiger partial charge in [0.25, 0.3) is 5.91 Å². The van der Waals surface area contributed by atoms with Crippen LogP contribution in [0.25, 0.3) is 0 Å². The average Bonchev–Trinajstić information content (AvgIpc) is 3.10. The summed E-state index contributed by atoms with van der Waals surface area (Å²) in [6, 6.07) is 4.08. The van der Waals surface area contributed by atoms with Gasteiger partial charge in [-0.1, -0.05) is 11.6 Å². The Labute approximate surface area is 129 Å². The number of hydrogen-bond acceptors (Lipinski definition) is 4. The summed E-state index contributed by atoms with van der Waals surface area (Å²) in [6.45, 7) is 0.724. The van der Waals surface area contributed by atoms with Crippen LogP contribution in [0.5, 0.6) is 0 Å². The van der Waals surface area contributed by atoms with Crippen molar-refractivity contribution >= 4 is 34.5 Å². The SMILES string of the molecule is O=C(Nc1ccc(Cl)cc1F)c1csc(C2CCCO2)n1. The van der Waals surface area contributed by atoms with Crippen molar-refractivity contribution in [2.75, 3.05) is 11.9 Å². The zero-order valence-electron chi connectivity index (χ0n) is 10.9. The van der Waals surface area contributed by atoms with E-state index < -0.39 is 11.7 Å². The molecule has 1 aliphatic heterocycles. The van der Waals surface area contributed by atoms with E-state index in [1.165, 1.54) is 23.5 Å². The molecular weight excluding hydrogens is 315 g/mol. The van der Waals surface area contributed by atoms with E-state index in [1.807, 2.05) is 0 Å². The van der Waals surface area contributed by atoms with E-state index in [2.05, 4.69) is 10.3 Å². The zero-order valence-corrected chi connectivity index (χ0v) is 12.5. The normalized spacial score (nSPS) is 17.9. The van der Waals surface area contributed by atoms with Crippen molar-refractivity contribution in [3.8, 4) is 0 Å². The fraction of sp³-hybridized carbons (Fsp3) is 0.286. The van der Waals surface area contributed by atoms with Crippen LogP contribution in [0.1, 0.15) is 34.4 Å². The molecular formula is C14H12ClFN2O2S. The van der Waals surface area contributed by atoms with Crippen LogP contribution in [0.15, 0.2) is 23.6 Å². The van der Waals surface area contributed by atoms with Crippen molar-refractivity contribution in [1.82, 2.24) is 4.98 Å². The molecule has 1 fully saturated rings. The van der Waals surface area contributed by atoms with Gasteiger partial charge in [0.1, 0.15) is 22.6 Å². The molecule has 0 spiro atoms. The van der Waals surface area contributed by atoms with Gasteiger partial charge in [0.05, 0.1) is 5.69 Å². The summed E-state index contributed by atoms with van der Waals surface area (Å²) in [7, 11) is 0. The predicted octanol–water partition coefficient (Wildman–Crippen LogP) is 4.04. The molecule has 1 aromatic heterocycles. The number of hydrogen-bond donors (Lipinski definition) is 1. The first-order valence-electron chi connectivity index (χ1n) is 6.47. The van der Waals surface area contributed by atoms with Gasteiger partial charge in [-0.05, 0) is 31.0 Å². The van der Waals surface area contributed by atoms with Gasteiger partial charge in [0, 0.05) is 17.0 Å². The average molecular weight is 327 g/mol. The van der Waals surface area contributed by atoms with Gasteiger partial charge in [-0.2, -0.15) is 0 Å². The van der Waals surface area contributed by atoms with Crippen LogP contribution in [-0.4, -0.2) is 17.5 Å². The predicted molar refractivity (Wildman–Crippen MR) is 79.4 cm³/mol. The van der Waals surface area contributed by atoms with Crippen LogP contribution in [-0.2, 0) is 4.74 Å². The number of rotatable bonds is 3. The summed E-state index contributed by atoms with van der Waals surface area (Å²) in [4.78, 5) is 16.3. The molecule has 21 heavy (non-hydrogen) atoms. The highest BCUT2D eigenvalue weighted by molar-refractivity contribution is 7.09. The summed E-state index contributed by atoms with van der Waals surface area (Å²) in [5, 5.41) is 5.21. The smallest absolute Gasteiger partial charge is 0.275 e. The molecule has 0 bridgehead atoms. The summed E-state index contributed by atoms with van der Waals surface area (Å²) in [6.07, 6.45) is 1.89. The molecule has 4 nitrogen and oxygen atoms in total. The van der Waals surface area contributed by atoms with Gasteiger partial charge < -0.3 is 10.1 Å². The summed E-state index contributed by atoms with van der Waals surface area (Å²) < 4.78 is 19.2. The van der Waals surface area contributed by atoms with Gasteiger partial charge >= 0.3 is 0 Å². The maximum atomic E-state index is 13.6. The molecule has 1 aromatic carbocycles. The molecule has 1 unspecified atom stereocenters. The second-order valence-electron chi connectivity index (χ2n) is 4.65. The highest BCUT2D eigenvalue weighted by Crippen LogP contribution is 2.30. The Hall–Kier alpha value is -1.50. The van der Waals surface area contributed by atoms with Gasteiger partial charge in [0.15, 0.2) is 0 Å². The molecule has 3 rings (SSSR count). The number of carbonyl (C=O) groups is 1. The third kappa shape index (κ3) is 3.23. The highest BCUT2D eigenvalue weighted by atomic mass is 35.5. The first kappa shape index (κ1) is 14.4. The number of anilines is 1. The molecule has 0 radical (unpaired) electrons. The highest BCUT2D eigenvalue weighted by Gasteiger charge is 2.22. The largest absolute Gasteiger partial charge is 0.371 e. The van der Waals surface area contributed by atoms with E-state index in [1.54, 1.807) is 5.38 Å². The van der Waals surface area contributed by atoms with Crippen LogP contribution in [0, 0.1) is 5.82 Å². The Kier molecular flexibility index (Phi) is 4.19. The Morgan fingerprint density at radius 1 is 1.52 bits per heavy atom. The lowest BCUT2D eigenvalue weighted by Gasteiger charge is -2.05. The van der Waals surface area contributed by atoms with Crippen molar-refractivity contribution in [3.63, 3.8) is 0 Å². The van der Waals surface area contributed by atoms with E-state index in [4.69, 9.17) is 16.3 Å². The second-order valence-corrected chi connectivity index (χ2v) is 5.98. The Bertz CT molecular complexity index is 671. The molecule has 2 heterocycles. The number of nitrogens with one attached hydrogen (secondary N) is 1. The van der Waals surface area contributed by atoms with Crippen molar-refractivity contribution in [3.05, 3.63) is 45.1 Å². The monoisotopic (exact) mass is 326 g/mol. The number of aromatic nitrogens is 1. The summed E-state index contributed by atoms with van der Waals surface area (Å²) >= 11 is 7.05. The number of thiazole rings is 1. The van der Waals surface area contributed by atoms with Crippen LogP contribution in [0.3, 0.4) is 0 Å².